The van der Waals surface area contributed by atoms with Crippen LogP contribution in [0, 0.1) is 5.82 Å². The van der Waals surface area contributed by atoms with Gasteiger partial charge in [-0.15, -0.1) is 0 Å². The number of nitrogens with zero attached hydrogens (tertiary/aromatic N) is 1. The molecular weight excluding hydrogens is 335 g/mol. The molecule has 1 unspecified atom stereocenters. The number of hydrogen-bond donors (Lipinski definition) is 1. The predicted molar refractivity (Wildman–Crippen MR) is 96.6 cm³/mol. The van der Waals surface area contributed by atoms with Crippen LogP contribution >= 0.6 is 0 Å². The fourth-order valence-corrected chi connectivity index (χ4v) is 2.79. The molecule has 6 heteroatoms. The molecule has 1 amide bonds. The molecule has 138 valence electrons. The topological polar surface area (TPSA) is 50.8 Å². The van der Waals surface area contributed by atoms with E-state index in [-0.39, 0.29) is 24.6 Å². The summed E-state index contributed by atoms with van der Waals surface area (Å²) in [6.07, 6.45) is 0.671. The molecule has 1 aliphatic heterocycles. The minimum absolute atomic E-state index is 0.0321. The van der Waals surface area contributed by atoms with E-state index in [0.29, 0.717) is 19.5 Å². The Hall–Kier alpha value is -2.60. The summed E-state index contributed by atoms with van der Waals surface area (Å²) in [5, 5.41) is 2.93. The van der Waals surface area contributed by atoms with Crippen LogP contribution in [-0.2, 0) is 17.8 Å². The minimum Gasteiger partial charge on any atom is -0.454 e. The lowest BCUT2D eigenvalue weighted by Crippen LogP contribution is -2.43. The van der Waals surface area contributed by atoms with Gasteiger partial charge in [0.1, 0.15) is 5.82 Å². The largest absolute Gasteiger partial charge is 0.454 e. The van der Waals surface area contributed by atoms with Crippen LogP contribution in [0.25, 0.3) is 0 Å². The van der Waals surface area contributed by atoms with E-state index in [1.807, 2.05) is 37.1 Å². The Bertz CT molecular complexity index is 764. The van der Waals surface area contributed by atoms with Gasteiger partial charge in [-0.1, -0.05) is 18.2 Å². The second kappa shape index (κ2) is 8.19. The summed E-state index contributed by atoms with van der Waals surface area (Å²) >= 11 is 0. The second-order valence-electron chi connectivity index (χ2n) is 6.45. The Morgan fingerprint density at radius 3 is 2.62 bits per heavy atom. The van der Waals surface area contributed by atoms with Crippen molar-refractivity contribution in [2.24, 2.45) is 0 Å². The Morgan fingerprint density at radius 1 is 1.15 bits per heavy atom. The maximum atomic E-state index is 12.9. The molecule has 0 radical (unpaired) electrons. The highest BCUT2D eigenvalue weighted by Gasteiger charge is 2.19. The zero-order valence-electron chi connectivity index (χ0n) is 15.0. The highest BCUT2D eigenvalue weighted by atomic mass is 19.1. The third-order valence-electron chi connectivity index (χ3n) is 4.54. The maximum Gasteiger partial charge on any atom is 0.237 e. The molecular formula is C20H23FN2O3. The molecule has 0 aromatic heterocycles. The molecule has 3 rings (SSSR count). The Balaban J connectivity index is 1.47. The first-order valence-corrected chi connectivity index (χ1v) is 8.64. The molecule has 0 fully saturated rings. The van der Waals surface area contributed by atoms with Crippen LogP contribution in [0.3, 0.4) is 0 Å². The molecule has 5 nitrogen and oxygen atoms in total. The van der Waals surface area contributed by atoms with E-state index >= 15 is 0 Å². The first-order chi connectivity index (χ1) is 12.5. The molecule has 1 heterocycles. The fraction of sp³-hybridized carbons (Fsp3) is 0.350. The number of carbonyl (C=O) groups excluding carboxylic acids is 1. The predicted octanol–water partition coefficient (Wildman–Crippen LogP) is 2.73. The lowest BCUT2D eigenvalue weighted by molar-refractivity contribution is -0.125. The van der Waals surface area contributed by atoms with E-state index < -0.39 is 0 Å². The summed E-state index contributed by atoms with van der Waals surface area (Å²) < 4.78 is 23.6. The number of ether oxygens (including phenoxy) is 2. The van der Waals surface area contributed by atoms with Gasteiger partial charge in [0.2, 0.25) is 12.7 Å². The van der Waals surface area contributed by atoms with Gasteiger partial charge in [-0.2, -0.15) is 0 Å². The lowest BCUT2D eigenvalue weighted by atomic mass is 10.1. The van der Waals surface area contributed by atoms with Crippen LogP contribution in [0.1, 0.15) is 18.1 Å². The second-order valence-corrected chi connectivity index (χ2v) is 6.45. The van der Waals surface area contributed by atoms with Crippen molar-refractivity contribution < 1.29 is 18.7 Å². The fourth-order valence-electron chi connectivity index (χ4n) is 2.79. The number of carbonyl (C=O) groups is 1. The van der Waals surface area contributed by atoms with Crippen molar-refractivity contribution in [1.82, 2.24) is 10.2 Å². The number of hydrogen-bond acceptors (Lipinski definition) is 4. The number of nitrogens with one attached hydrogen (secondary N) is 1. The van der Waals surface area contributed by atoms with Crippen molar-refractivity contribution in [3.05, 3.63) is 59.4 Å². The number of likely N-dealkylation sites (N-methyl/N-ethyl adjacent to an activating group) is 1. The van der Waals surface area contributed by atoms with Crippen molar-refractivity contribution in [2.75, 3.05) is 20.4 Å². The van der Waals surface area contributed by atoms with Gasteiger partial charge in [-0.25, -0.2) is 4.39 Å². The molecule has 1 N–H and O–H groups in total. The molecule has 0 saturated carbocycles. The van der Waals surface area contributed by atoms with E-state index in [2.05, 4.69) is 5.32 Å². The smallest absolute Gasteiger partial charge is 0.237 e. The first kappa shape index (κ1) is 18.2. The highest BCUT2D eigenvalue weighted by molar-refractivity contribution is 5.81. The van der Waals surface area contributed by atoms with Gasteiger partial charge in [0.25, 0.3) is 0 Å². The molecule has 1 aliphatic rings. The van der Waals surface area contributed by atoms with Crippen molar-refractivity contribution >= 4 is 5.91 Å². The number of benzene rings is 2. The van der Waals surface area contributed by atoms with E-state index in [9.17, 15) is 9.18 Å². The monoisotopic (exact) mass is 358 g/mol. The van der Waals surface area contributed by atoms with Gasteiger partial charge in [0.05, 0.1) is 6.04 Å². The van der Waals surface area contributed by atoms with Gasteiger partial charge in [0, 0.05) is 13.1 Å². The zero-order chi connectivity index (χ0) is 18.5. The number of rotatable bonds is 7. The van der Waals surface area contributed by atoms with Crippen LogP contribution < -0.4 is 14.8 Å². The Morgan fingerprint density at radius 2 is 1.85 bits per heavy atom. The van der Waals surface area contributed by atoms with E-state index in [0.717, 1.165) is 22.6 Å². The standard InChI is InChI=1S/C20H23FN2O3/c1-14(20(24)22-10-9-15-3-6-17(21)7-4-15)23(2)12-16-5-8-18-19(11-16)26-13-25-18/h3-8,11,14H,9-10,12-13H2,1-2H3,(H,22,24). The minimum atomic E-state index is -0.270. The quantitative estimate of drug-likeness (QED) is 0.827. The van der Waals surface area contributed by atoms with Crippen LogP contribution in [0.5, 0.6) is 11.5 Å². The number of amides is 1. The van der Waals surface area contributed by atoms with Crippen molar-refractivity contribution in [3.8, 4) is 11.5 Å². The third kappa shape index (κ3) is 4.52. The van der Waals surface area contributed by atoms with Crippen LogP contribution in [-0.4, -0.2) is 37.2 Å². The average Bonchev–Trinajstić information content (AvgIpc) is 3.10. The summed E-state index contributed by atoms with van der Waals surface area (Å²) in [5.41, 5.74) is 2.05. The summed E-state index contributed by atoms with van der Waals surface area (Å²) in [4.78, 5) is 14.3. The molecule has 0 bridgehead atoms. The van der Waals surface area contributed by atoms with Gasteiger partial charge >= 0.3 is 0 Å². The van der Waals surface area contributed by atoms with E-state index in [1.165, 1.54) is 12.1 Å². The van der Waals surface area contributed by atoms with Gasteiger partial charge in [-0.3, -0.25) is 9.69 Å². The van der Waals surface area contributed by atoms with Crippen LogP contribution in [0.15, 0.2) is 42.5 Å². The van der Waals surface area contributed by atoms with E-state index in [1.54, 1.807) is 12.1 Å². The maximum absolute atomic E-state index is 12.9. The zero-order valence-corrected chi connectivity index (χ0v) is 15.0. The van der Waals surface area contributed by atoms with Crippen LogP contribution in [0.2, 0.25) is 0 Å². The molecule has 1 atom stereocenters. The average molecular weight is 358 g/mol. The summed E-state index contributed by atoms with van der Waals surface area (Å²) in [5.74, 6) is 1.21. The Labute approximate surface area is 152 Å². The molecule has 26 heavy (non-hydrogen) atoms. The van der Waals surface area contributed by atoms with Crippen molar-refractivity contribution in [2.45, 2.75) is 25.9 Å². The summed E-state index contributed by atoms with van der Waals surface area (Å²) in [7, 11) is 1.91. The highest BCUT2D eigenvalue weighted by Crippen LogP contribution is 2.32. The SMILES string of the molecule is CC(C(=O)NCCc1ccc(F)cc1)N(C)Cc1ccc2c(c1)OCO2. The molecule has 0 saturated heterocycles. The molecule has 2 aromatic carbocycles. The molecule has 2 aromatic rings. The van der Waals surface area contributed by atoms with Gasteiger partial charge in [-0.05, 0) is 55.8 Å². The summed E-state index contributed by atoms with van der Waals surface area (Å²) in [6, 6.07) is 11.9. The molecule has 0 spiro atoms. The van der Waals surface area contributed by atoms with Gasteiger partial charge < -0.3 is 14.8 Å². The first-order valence-electron chi connectivity index (χ1n) is 8.64. The van der Waals surface area contributed by atoms with Crippen molar-refractivity contribution in [1.29, 1.82) is 0 Å². The number of fused-ring (bicyclic) bond motifs is 1. The normalized spacial score (nSPS) is 13.7. The van der Waals surface area contributed by atoms with Crippen molar-refractivity contribution in [3.63, 3.8) is 0 Å². The Kier molecular flexibility index (Phi) is 5.73. The third-order valence-corrected chi connectivity index (χ3v) is 4.54. The van der Waals surface area contributed by atoms with Crippen LogP contribution in [0.4, 0.5) is 4.39 Å². The number of halogens is 1. The lowest BCUT2D eigenvalue weighted by Gasteiger charge is -2.24. The van der Waals surface area contributed by atoms with E-state index in [4.69, 9.17) is 9.47 Å². The van der Waals surface area contributed by atoms with Gasteiger partial charge in [0.15, 0.2) is 11.5 Å². The molecule has 0 aliphatic carbocycles. The summed E-state index contributed by atoms with van der Waals surface area (Å²) in [6.45, 7) is 3.28.